The van der Waals surface area contributed by atoms with E-state index in [0.29, 0.717) is 6.08 Å². The molecule has 0 radical (unpaired) electrons. The molecule has 2 N–H and O–H groups in total. The number of alkyl halides is 1. The van der Waals surface area contributed by atoms with Crippen LogP contribution in [0.2, 0.25) is 0 Å². The Morgan fingerprint density at radius 3 is 2.60 bits per heavy atom. The van der Waals surface area contributed by atoms with Crippen LogP contribution in [-0.4, -0.2) is 22.2 Å². The van der Waals surface area contributed by atoms with Gasteiger partial charge in [0.1, 0.15) is 11.9 Å². The Labute approximate surface area is 56.1 Å². The maximum Gasteiger partial charge on any atom is 0.258 e. The van der Waals surface area contributed by atoms with Crippen molar-refractivity contribution in [1.82, 2.24) is 0 Å². The lowest BCUT2D eigenvalue weighted by Gasteiger charge is -2.20. The molecule has 1 aliphatic rings. The molecule has 56 valence electrons. The normalized spacial score (nSPS) is 39.6. The maximum atomic E-state index is 12.5. The van der Waals surface area contributed by atoms with Crippen molar-refractivity contribution in [2.75, 3.05) is 0 Å². The molecule has 0 bridgehead atoms. The van der Waals surface area contributed by atoms with Crippen molar-refractivity contribution < 1.29 is 19.0 Å². The highest BCUT2D eigenvalue weighted by molar-refractivity contribution is 5.24. The highest BCUT2D eigenvalue weighted by Crippen LogP contribution is 2.23. The molecule has 0 heterocycles. The van der Waals surface area contributed by atoms with E-state index in [0.717, 1.165) is 12.2 Å². The van der Waals surface area contributed by atoms with Gasteiger partial charge in [0, 0.05) is 6.08 Å². The van der Waals surface area contributed by atoms with Crippen LogP contribution in [-0.2, 0) is 0 Å². The van der Waals surface area contributed by atoms with Gasteiger partial charge in [0.05, 0.1) is 0 Å². The Bertz CT molecular complexity index is 196. The predicted octanol–water partition coefficient (Wildman–Crippen LogP) is 0.429. The average molecular weight is 148 g/mol. The molecule has 0 aromatic rings. The minimum Gasteiger partial charge on any atom is -0.383 e. The SMILES string of the molecule is OC1C=CC(F)=CC1(O)F. The molecule has 0 aliphatic heterocycles. The number of aliphatic hydroxyl groups is 2. The van der Waals surface area contributed by atoms with Gasteiger partial charge in [-0.2, -0.15) is 0 Å². The summed E-state index contributed by atoms with van der Waals surface area (Å²) in [5.74, 6) is -3.85. The highest BCUT2D eigenvalue weighted by Gasteiger charge is 2.34. The van der Waals surface area contributed by atoms with Crippen LogP contribution in [0.1, 0.15) is 0 Å². The van der Waals surface area contributed by atoms with Crippen molar-refractivity contribution in [3.63, 3.8) is 0 Å². The van der Waals surface area contributed by atoms with Crippen LogP contribution in [0.5, 0.6) is 0 Å². The van der Waals surface area contributed by atoms with Crippen molar-refractivity contribution in [3.05, 3.63) is 24.1 Å². The van der Waals surface area contributed by atoms with Gasteiger partial charge in [-0.1, -0.05) is 0 Å². The van der Waals surface area contributed by atoms with E-state index in [1.54, 1.807) is 0 Å². The van der Waals surface area contributed by atoms with Gasteiger partial charge in [-0.25, -0.2) is 8.78 Å². The topological polar surface area (TPSA) is 40.5 Å². The summed E-state index contributed by atoms with van der Waals surface area (Å²) < 4.78 is 24.6. The maximum absolute atomic E-state index is 12.5. The summed E-state index contributed by atoms with van der Waals surface area (Å²) >= 11 is 0. The van der Waals surface area contributed by atoms with Crippen LogP contribution in [0.4, 0.5) is 8.78 Å². The minimum atomic E-state index is -2.96. The van der Waals surface area contributed by atoms with Crippen LogP contribution in [0.3, 0.4) is 0 Å². The zero-order chi connectivity index (χ0) is 7.78. The lowest BCUT2D eigenvalue weighted by Crippen LogP contribution is -2.35. The molecular weight excluding hydrogens is 142 g/mol. The van der Waals surface area contributed by atoms with Gasteiger partial charge in [-0.15, -0.1) is 0 Å². The molecule has 0 aromatic heterocycles. The van der Waals surface area contributed by atoms with Gasteiger partial charge in [-0.05, 0) is 12.2 Å². The second-order valence-electron chi connectivity index (χ2n) is 2.06. The standard InChI is InChI=1S/C6H6F2O2/c7-4-1-2-5(9)6(8,10)3-4/h1-3,5,9-10H. The van der Waals surface area contributed by atoms with E-state index in [1.165, 1.54) is 0 Å². The summed E-state index contributed by atoms with van der Waals surface area (Å²) in [7, 11) is 0. The van der Waals surface area contributed by atoms with E-state index in [-0.39, 0.29) is 0 Å². The molecule has 10 heavy (non-hydrogen) atoms. The van der Waals surface area contributed by atoms with Crippen molar-refractivity contribution in [3.8, 4) is 0 Å². The minimum absolute atomic E-state index is 0.317. The molecule has 2 atom stereocenters. The highest BCUT2D eigenvalue weighted by atomic mass is 19.2. The summed E-state index contributed by atoms with van der Waals surface area (Å²) in [4.78, 5) is 0. The fourth-order valence-corrected chi connectivity index (χ4v) is 0.645. The summed E-state index contributed by atoms with van der Waals surface area (Å²) in [6, 6.07) is 0. The first kappa shape index (κ1) is 7.37. The number of hydrogen-bond acceptors (Lipinski definition) is 2. The molecule has 4 heteroatoms. The average Bonchev–Trinajstić information content (AvgIpc) is 1.78. The van der Waals surface area contributed by atoms with E-state index < -0.39 is 17.8 Å². The van der Waals surface area contributed by atoms with Gasteiger partial charge in [0.25, 0.3) is 5.85 Å². The number of halogens is 2. The number of allylic oxidation sites excluding steroid dienone is 2. The molecule has 1 rings (SSSR count). The summed E-state index contributed by atoms with van der Waals surface area (Å²) in [5, 5.41) is 17.2. The van der Waals surface area contributed by atoms with E-state index in [4.69, 9.17) is 10.2 Å². The Morgan fingerprint density at radius 2 is 2.20 bits per heavy atom. The van der Waals surface area contributed by atoms with Crippen LogP contribution in [0.15, 0.2) is 24.1 Å². The molecule has 0 saturated heterocycles. The Kier molecular flexibility index (Phi) is 1.58. The molecule has 0 spiro atoms. The van der Waals surface area contributed by atoms with Crippen molar-refractivity contribution in [2.24, 2.45) is 0 Å². The van der Waals surface area contributed by atoms with Crippen LogP contribution in [0, 0.1) is 0 Å². The molecule has 0 aromatic carbocycles. The van der Waals surface area contributed by atoms with Gasteiger partial charge >= 0.3 is 0 Å². The van der Waals surface area contributed by atoms with E-state index >= 15 is 0 Å². The zero-order valence-corrected chi connectivity index (χ0v) is 4.96. The number of hydrogen-bond donors (Lipinski definition) is 2. The zero-order valence-electron chi connectivity index (χ0n) is 4.96. The first-order valence-electron chi connectivity index (χ1n) is 2.68. The van der Waals surface area contributed by atoms with Gasteiger partial charge < -0.3 is 10.2 Å². The summed E-state index contributed by atoms with van der Waals surface area (Å²) in [5.41, 5.74) is 0. The second kappa shape index (κ2) is 2.14. The number of rotatable bonds is 0. The lowest BCUT2D eigenvalue weighted by atomic mass is 10.1. The largest absolute Gasteiger partial charge is 0.383 e. The smallest absolute Gasteiger partial charge is 0.258 e. The second-order valence-corrected chi connectivity index (χ2v) is 2.06. The van der Waals surface area contributed by atoms with Gasteiger partial charge in [0.15, 0.2) is 0 Å². The molecule has 0 saturated carbocycles. The van der Waals surface area contributed by atoms with Crippen molar-refractivity contribution in [2.45, 2.75) is 12.0 Å². The fraction of sp³-hybridized carbons (Fsp3) is 0.333. The first-order valence-corrected chi connectivity index (χ1v) is 2.68. The Balaban J connectivity index is 2.88. The third-order valence-electron chi connectivity index (χ3n) is 1.19. The van der Waals surface area contributed by atoms with Crippen LogP contribution < -0.4 is 0 Å². The van der Waals surface area contributed by atoms with Gasteiger partial charge in [-0.3, -0.25) is 0 Å². The van der Waals surface area contributed by atoms with Gasteiger partial charge in [0.2, 0.25) is 0 Å². The van der Waals surface area contributed by atoms with E-state index in [1.807, 2.05) is 0 Å². The van der Waals surface area contributed by atoms with E-state index in [2.05, 4.69) is 0 Å². The third-order valence-corrected chi connectivity index (χ3v) is 1.19. The molecule has 0 amide bonds. The lowest BCUT2D eigenvalue weighted by molar-refractivity contribution is -0.115. The van der Waals surface area contributed by atoms with Crippen LogP contribution in [0.25, 0.3) is 0 Å². The molecule has 1 aliphatic carbocycles. The molecule has 2 nitrogen and oxygen atoms in total. The van der Waals surface area contributed by atoms with Crippen molar-refractivity contribution >= 4 is 0 Å². The van der Waals surface area contributed by atoms with Crippen molar-refractivity contribution in [1.29, 1.82) is 0 Å². The monoisotopic (exact) mass is 148 g/mol. The molecule has 0 fully saturated rings. The quantitative estimate of drug-likeness (QED) is 0.523. The third kappa shape index (κ3) is 1.22. The Hall–Kier alpha value is -0.740. The molecule has 2 unspecified atom stereocenters. The fourth-order valence-electron chi connectivity index (χ4n) is 0.645. The number of aliphatic hydroxyl groups excluding tert-OH is 1. The molecular formula is C6H6F2O2. The predicted molar refractivity (Wildman–Crippen MR) is 30.4 cm³/mol. The Morgan fingerprint density at radius 1 is 1.60 bits per heavy atom. The van der Waals surface area contributed by atoms with Crippen LogP contribution >= 0.6 is 0 Å². The summed E-state index contributed by atoms with van der Waals surface area (Å²) in [6.07, 6.45) is 0.373. The van der Waals surface area contributed by atoms with E-state index in [9.17, 15) is 8.78 Å². The summed E-state index contributed by atoms with van der Waals surface area (Å²) in [6.45, 7) is 0. The first-order chi connectivity index (χ1) is 4.52.